The summed E-state index contributed by atoms with van der Waals surface area (Å²) in [6, 6.07) is 13.8. The molecule has 6 nitrogen and oxygen atoms in total. The molecule has 4 rings (SSSR count). The number of amides is 1. The van der Waals surface area contributed by atoms with Crippen LogP contribution in [-0.2, 0) is 12.7 Å². The quantitative estimate of drug-likeness (QED) is 0.473. The lowest BCUT2D eigenvalue weighted by atomic mass is 10.1. The van der Waals surface area contributed by atoms with Gasteiger partial charge in [-0.3, -0.25) is 9.69 Å². The molecule has 3 aromatic rings. The van der Waals surface area contributed by atoms with E-state index in [9.17, 15) is 18.0 Å². The molecule has 1 saturated heterocycles. The molecule has 36 heavy (non-hydrogen) atoms. The van der Waals surface area contributed by atoms with Crippen LogP contribution in [-0.4, -0.2) is 61.0 Å². The molecule has 0 spiro atoms. The first-order chi connectivity index (χ1) is 17.2. The lowest BCUT2D eigenvalue weighted by Gasteiger charge is -2.32. The molecule has 10 heteroatoms. The SMILES string of the molecule is COc1cccc([C@H](C)NC(=O)c2sc(-c3ccccc3CN3CCN(C)CC3)nc2C(F)(F)F)c1. The molecule has 2 aromatic carbocycles. The molecule has 0 radical (unpaired) electrons. The maximum absolute atomic E-state index is 13.9. The van der Waals surface area contributed by atoms with Gasteiger partial charge >= 0.3 is 6.18 Å². The highest BCUT2D eigenvalue weighted by molar-refractivity contribution is 7.17. The maximum Gasteiger partial charge on any atom is 0.435 e. The van der Waals surface area contributed by atoms with E-state index in [0.717, 1.165) is 48.6 Å². The summed E-state index contributed by atoms with van der Waals surface area (Å²) < 4.78 is 47.0. The second-order valence-electron chi connectivity index (χ2n) is 8.90. The fourth-order valence-corrected chi connectivity index (χ4v) is 5.20. The van der Waals surface area contributed by atoms with Gasteiger partial charge in [-0.05, 0) is 37.2 Å². The van der Waals surface area contributed by atoms with Crippen LogP contribution < -0.4 is 10.1 Å². The number of hydrogen-bond donors (Lipinski definition) is 1. The topological polar surface area (TPSA) is 57.7 Å². The molecular weight excluding hydrogens is 489 g/mol. The predicted molar refractivity (Wildman–Crippen MR) is 134 cm³/mol. The highest BCUT2D eigenvalue weighted by Crippen LogP contribution is 2.39. The Morgan fingerprint density at radius 3 is 2.56 bits per heavy atom. The second-order valence-corrected chi connectivity index (χ2v) is 9.90. The number of nitrogens with one attached hydrogen (secondary N) is 1. The zero-order valence-corrected chi connectivity index (χ0v) is 21.2. The number of alkyl halides is 3. The van der Waals surface area contributed by atoms with Gasteiger partial charge in [0, 0.05) is 38.3 Å². The molecule has 1 aliphatic heterocycles. The van der Waals surface area contributed by atoms with Crippen LogP contribution in [0.4, 0.5) is 13.2 Å². The third-order valence-electron chi connectivity index (χ3n) is 6.28. The summed E-state index contributed by atoms with van der Waals surface area (Å²) in [7, 11) is 3.60. The van der Waals surface area contributed by atoms with E-state index in [1.165, 1.54) is 7.11 Å². The molecule has 1 aliphatic rings. The minimum absolute atomic E-state index is 0.186. The number of aromatic nitrogens is 1. The van der Waals surface area contributed by atoms with Crippen molar-refractivity contribution in [3.8, 4) is 16.3 Å². The minimum atomic E-state index is -4.76. The van der Waals surface area contributed by atoms with Gasteiger partial charge in [0.25, 0.3) is 5.91 Å². The van der Waals surface area contributed by atoms with Crippen molar-refractivity contribution >= 4 is 17.2 Å². The van der Waals surface area contributed by atoms with E-state index in [2.05, 4.69) is 27.1 Å². The Balaban J connectivity index is 1.61. The van der Waals surface area contributed by atoms with E-state index < -0.39 is 28.7 Å². The third-order valence-corrected chi connectivity index (χ3v) is 7.37. The van der Waals surface area contributed by atoms with E-state index in [0.29, 0.717) is 17.9 Å². The number of rotatable bonds is 7. The summed E-state index contributed by atoms with van der Waals surface area (Å²) in [5.41, 5.74) is 1.07. The molecule has 0 aliphatic carbocycles. The largest absolute Gasteiger partial charge is 0.497 e. The van der Waals surface area contributed by atoms with E-state index in [1.54, 1.807) is 43.3 Å². The number of carbonyl (C=O) groups excluding carboxylic acids is 1. The molecule has 2 heterocycles. The number of nitrogens with zero attached hydrogens (tertiary/aromatic N) is 3. The number of likely N-dealkylation sites (N-methyl/N-ethyl adjacent to an activating group) is 1. The van der Waals surface area contributed by atoms with Crippen molar-refractivity contribution in [2.24, 2.45) is 0 Å². The Hall–Kier alpha value is -2.95. The summed E-state index contributed by atoms with van der Waals surface area (Å²) in [5.74, 6) is -0.209. The maximum atomic E-state index is 13.9. The van der Waals surface area contributed by atoms with E-state index >= 15 is 0 Å². The number of hydrogen-bond acceptors (Lipinski definition) is 6. The summed E-state index contributed by atoms with van der Waals surface area (Å²) in [6.45, 7) is 5.96. The average molecular weight is 519 g/mol. The Labute approximate surface area is 212 Å². The summed E-state index contributed by atoms with van der Waals surface area (Å²) in [4.78, 5) is 21.1. The van der Waals surface area contributed by atoms with Gasteiger partial charge in [0.05, 0.1) is 13.2 Å². The van der Waals surface area contributed by atoms with Crippen molar-refractivity contribution in [1.82, 2.24) is 20.1 Å². The van der Waals surface area contributed by atoms with Crippen molar-refractivity contribution in [2.75, 3.05) is 40.3 Å². The van der Waals surface area contributed by atoms with Crippen LogP contribution in [0.3, 0.4) is 0 Å². The lowest BCUT2D eigenvalue weighted by Crippen LogP contribution is -2.43. The van der Waals surface area contributed by atoms with Crippen LogP contribution >= 0.6 is 11.3 Å². The fourth-order valence-electron chi connectivity index (χ4n) is 4.15. The summed E-state index contributed by atoms with van der Waals surface area (Å²) in [6.07, 6.45) is -4.76. The molecule has 1 fully saturated rings. The summed E-state index contributed by atoms with van der Waals surface area (Å²) >= 11 is 0.774. The first-order valence-electron chi connectivity index (χ1n) is 11.7. The average Bonchev–Trinajstić information content (AvgIpc) is 3.32. The normalized spacial score (nSPS) is 16.1. The molecule has 0 saturated carbocycles. The van der Waals surface area contributed by atoms with Crippen LogP contribution in [0.2, 0.25) is 0 Å². The first kappa shape index (κ1) is 26.1. The zero-order valence-electron chi connectivity index (χ0n) is 20.4. The molecule has 1 N–H and O–H groups in total. The minimum Gasteiger partial charge on any atom is -0.497 e. The third kappa shape index (κ3) is 6.05. The highest BCUT2D eigenvalue weighted by atomic mass is 32.1. The monoisotopic (exact) mass is 518 g/mol. The number of ether oxygens (including phenoxy) is 1. The van der Waals surface area contributed by atoms with Gasteiger partial charge in [0.1, 0.15) is 15.6 Å². The zero-order chi connectivity index (χ0) is 25.9. The summed E-state index contributed by atoms with van der Waals surface area (Å²) in [5, 5.41) is 2.87. The predicted octanol–water partition coefficient (Wildman–Crippen LogP) is 5.08. The molecule has 1 aromatic heterocycles. The molecule has 192 valence electrons. The van der Waals surface area contributed by atoms with Crippen LogP contribution in [0.1, 0.15) is 39.5 Å². The number of piperazine rings is 1. The van der Waals surface area contributed by atoms with Gasteiger partial charge in [0.2, 0.25) is 0 Å². The Kier molecular flexibility index (Phi) is 7.97. The Morgan fingerprint density at radius 2 is 1.86 bits per heavy atom. The molecule has 1 amide bonds. The van der Waals surface area contributed by atoms with E-state index in [4.69, 9.17) is 4.74 Å². The molecular formula is C26H29F3N4O2S. The van der Waals surface area contributed by atoms with Crippen molar-refractivity contribution in [2.45, 2.75) is 25.7 Å². The van der Waals surface area contributed by atoms with Gasteiger partial charge < -0.3 is 15.0 Å². The number of methoxy groups -OCH3 is 1. The Morgan fingerprint density at radius 1 is 1.14 bits per heavy atom. The highest BCUT2D eigenvalue weighted by Gasteiger charge is 2.40. The van der Waals surface area contributed by atoms with E-state index in [-0.39, 0.29) is 5.01 Å². The van der Waals surface area contributed by atoms with Gasteiger partial charge in [-0.2, -0.15) is 13.2 Å². The molecule has 0 bridgehead atoms. The van der Waals surface area contributed by atoms with Gasteiger partial charge in [0.15, 0.2) is 5.69 Å². The van der Waals surface area contributed by atoms with E-state index in [1.807, 2.05) is 12.1 Å². The first-order valence-corrected chi connectivity index (χ1v) is 12.5. The number of thiazole rings is 1. The standard InChI is InChI=1S/C26H29F3N4O2S/c1-17(18-8-6-9-20(15-18)35-3)30-24(34)22-23(26(27,28)29)31-25(36-22)21-10-5-4-7-19(21)16-33-13-11-32(2)12-14-33/h4-10,15,17H,11-14,16H2,1-3H3,(H,30,34)/t17-/m0/s1. The van der Waals surface area contributed by atoms with Gasteiger partial charge in [-0.15, -0.1) is 11.3 Å². The van der Waals surface area contributed by atoms with Crippen molar-refractivity contribution in [3.63, 3.8) is 0 Å². The van der Waals surface area contributed by atoms with Crippen molar-refractivity contribution in [3.05, 3.63) is 70.2 Å². The number of carbonyl (C=O) groups is 1. The smallest absolute Gasteiger partial charge is 0.435 e. The number of halogens is 3. The van der Waals surface area contributed by atoms with Gasteiger partial charge in [-0.25, -0.2) is 4.98 Å². The van der Waals surface area contributed by atoms with Crippen molar-refractivity contribution < 1.29 is 22.7 Å². The van der Waals surface area contributed by atoms with Gasteiger partial charge in [-0.1, -0.05) is 36.4 Å². The van der Waals surface area contributed by atoms with Crippen LogP contribution in [0.15, 0.2) is 48.5 Å². The molecule has 1 atom stereocenters. The van der Waals surface area contributed by atoms with Crippen LogP contribution in [0.25, 0.3) is 10.6 Å². The molecule has 0 unspecified atom stereocenters. The Bertz CT molecular complexity index is 1210. The number of benzene rings is 2. The van der Waals surface area contributed by atoms with Crippen molar-refractivity contribution in [1.29, 1.82) is 0 Å². The lowest BCUT2D eigenvalue weighted by molar-refractivity contribution is -0.141. The van der Waals surface area contributed by atoms with Crippen LogP contribution in [0.5, 0.6) is 5.75 Å². The second kappa shape index (κ2) is 11.0. The van der Waals surface area contributed by atoms with Crippen LogP contribution in [0, 0.1) is 0 Å². The fraction of sp³-hybridized carbons (Fsp3) is 0.385.